The van der Waals surface area contributed by atoms with Gasteiger partial charge in [0.15, 0.2) is 11.5 Å². The van der Waals surface area contributed by atoms with Crippen molar-refractivity contribution in [3.63, 3.8) is 0 Å². The molecular formula is C25H20F2N6. The van der Waals surface area contributed by atoms with Gasteiger partial charge in [-0.3, -0.25) is 4.68 Å². The SMILES string of the molecule is Cc1cc(-c2cnn(C)c2)cc(-c2nc(-c3ccc(F)cc3F)c3nc(C)c(C)nc3n2)c1. The molecule has 2 aromatic carbocycles. The Hall–Kier alpha value is -4.07. The first-order valence-corrected chi connectivity index (χ1v) is 10.4. The number of halogens is 2. The molecule has 6 nitrogen and oxygen atoms in total. The summed E-state index contributed by atoms with van der Waals surface area (Å²) in [5, 5.41) is 4.25. The van der Waals surface area contributed by atoms with Gasteiger partial charge in [0, 0.05) is 36.0 Å². The van der Waals surface area contributed by atoms with E-state index in [1.54, 1.807) is 10.9 Å². The van der Waals surface area contributed by atoms with E-state index in [1.807, 2.05) is 46.1 Å². The molecule has 0 amide bonds. The van der Waals surface area contributed by atoms with E-state index in [4.69, 9.17) is 0 Å². The van der Waals surface area contributed by atoms with Crippen LogP contribution in [-0.2, 0) is 7.05 Å². The van der Waals surface area contributed by atoms with Crippen LogP contribution in [0.15, 0.2) is 48.8 Å². The fraction of sp³-hybridized carbons (Fsp3) is 0.160. The van der Waals surface area contributed by atoms with Crippen LogP contribution in [0.2, 0.25) is 0 Å². The first-order valence-electron chi connectivity index (χ1n) is 10.4. The van der Waals surface area contributed by atoms with Crippen LogP contribution >= 0.6 is 0 Å². The number of aryl methyl sites for hydroxylation is 4. The average molecular weight is 442 g/mol. The van der Waals surface area contributed by atoms with Gasteiger partial charge in [-0.15, -0.1) is 0 Å². The highest BCUT2D eigenvalue weighted by atomic mass is 19.1. The highest BCUT2D eigenvalue weighted by molar-refractivity contribution is 5.89. The first-order chi connectivity index (χ1) is 15.8. The second kappa shape index (κ2) is 7.81. The number of fused-ring (bicyclic) bond motifs is 1. The lowest BCUT2D eigenvalue weighted by Crippen LogP contribution is -2.03. The Bertz CT molecular complexity index is 1540. The lowest BCUT2D eigenvalue weighted by molar-refractivity contribution is 0.585. The molecule has 0 radical (unpaired) electrons. The molecule has 33 heavy (non-hydrogen) atoms. The molecule has 0 spiro atoms. The summed E-state index contributed by atoms with van der Waals surface area (Å²) in [6.07, 6.45) is 3.72. The van der Waals surface area contributed by atoms with Crippen molar-refractivity contribution in [2.24, 2.45) is 7.05 Å². The van der Waals surface area contributed by atoms with Gasteiger partial charge in [-0.05, 0) is 56.2 Å². The normalized spacial score (nSPS) is 11.3. The van der Waals surface area contributed by atoms with Crippen LogP contribution in [0.3, 0.4) is 0 Å². The monoisotopic (exact) mass is 442 g/mol. The van der Waals surface area contributed by atoms with Gasteiger partial charge in [0.05, 0.1) is 17.6 Å². The Kier molecular flexibility index (Phi) is 4.92. The van der Waals surface area contributed by atoms with Crippen molar-refractivity contribution in [3.05, 3.63) is 77.4 Å². The third-order valence-electron chi connectivity index (χ3n) is 5.50. The minimum atomic E-state index is -0.721. The second-order valence-electron chi connectivity index (χ2n) is 8.08. The standard InChI is InChI=1S/C25H20F2N6/c1-13-7-16(18-11-28-33(4)12-18)9-17(8-13)24-31-22(20-6-5-19(26)10-21(20)27)23-25(32-24)30-15(3)14(2)29-23/h5-12H,1-4H3. The van der Waals surface area contributed by atoms with E-state index >= 15 is 0 Å². The molecule has 0 aliphatic carbocycles. The Morgan fingerprint density at radius 2 is 1.55 bits per heavy atom. The molecule has 0 atom stereocenters. The van der Waals surface area contributed by atoms with Crippen molar-refractivity contribution >= 4 is 11.2 Å². The summed E-state index contributed by atoms with van der Waals surface area (Å²) in [6.45, 7) is 5.65. The van der Waals surface area contributed by atoms with Crippen molar-refractivity contribution in [3.8, 4) is 33.8 Å². The molecule has 0 saturated carbocycles. The smallest absolute Gasteiger partial charge is 0.182 e. The maximum absolute atomic E-state index is 14.8. The summed E-state index contributed by atoms with van der Waals surface area (Å²) < 4.78 is 30.1. The van der Waals surface area contributed by atoms with Crippen LogP contribution in [0.1, 0.15) is 17.0 Å². The second-order valence-corrected chi connectivity index (χ2v) is 8.08. The number of rotatable bonds is 3. The van der Waals surface area contributed by atoms with Gasteiger partial charge in [0.25, 0.3) is 0 Å². The van der Waals surface area contributed by atoms with E-state index in [2.05, 4.69) is 31.1 Å². The quantitative estimate of drug-likeness (QED) is 0.376. The maximum atomic E-state index is 14.8. The van der Waals surface area contributed by atoms with Gasteiger partial charge in [-0.2, -0.15) is 5.10 Å². The highest BCUT2D eigenvalue weighted by Crippen LogP contribution is 2.32. The molecule has 5 rings (SSSR count). The number of hydrogen-bond donors (Lipinski definition) is 0. The predicted molar refractivity (Wildman–Crippen MR) is 122 cm³/mol. The van der Waals surface area contributed by atoms with Gasteiger partial charge in [-0.25, -0.2) is 28.7 Å². The van der Waals surface area contributed by atoms with Crippen LogP contribution in [0.5, 0.6) is 0 Å². The number of hydrogen-bond acceptors (Lipinski definition) is 5. The summed E-state index contributed by atoms with van der Waals surface area (Å²) in [4.78, 5) is 18.5. The van der Waals surface area contributed by atoms with Crippen LogP contribution in [0.4, 0.5) is 8.78 Å². The van der Waals surface area contributed by atoms with Gasteiger partial charge >= 0.3 is 0 Å². The van der Waals surface area contributed by atoms with Crippen LogP contribution in [0, 0.1) is 32.4 Å². The maximum Gasteiger partial charge on any atom is 0.182 e. The molecule has 0 aliphatic heterocycles. The van der Waals surface area contributed by atoms with E-state index in [9.17, 15) is 8.78 Å². The fourth-order valence-corrected chi connectivity index (χ4v) is 3.76. The highest BCUT2D eigenvalue weighted by Gasteiger charge is 2.19. The topological polar surface area (TPSA) is 69.4 Å². The number of nitrogens with zero attached hydrogens (tertiary/aromatic N) is 6. The van der Waals surface area contributed by atoms with Gasteiger partial charge < -0.3 is 0 Å². The van der Waals surface area contributed by atoms with Crippen molar-refractivity contribution in [2.45, 2.75) is 20.8 Å². The van der Waals surface area contributed by atoms with Crippen molar-refractivity contribution in [1.82, 2.24) is 29.7 Å². The van der Waals surface area contributed by atoms with E-state index < -0.39 is 11.6 Å². The van der Waals surface area contributed by atoms with E-state index in [1.165, 1.54) is 12.1 Å². The predicted octanol–water partition coefficient (Wildman–Crippen LogP) is 5.36. The molecule has 0 bridgehead atoms. The Labute approximate surface area is 189 Å². The average Bonchev–Trinajstić information content (AvgIpc) is 3.20. The minimum absolute atomic E-state index is 0.141. The fourth-order valence-electron chi connectivity index (χ4n) is 3.76. The van der Waals surface area contributed by atoms with Crippen molar-refractivity contribution in [2.75, 3.05) is 0 Å². The van der Waals surface area contributed by atoms with Crippen molar-refractivity contribution < 1.29 is 8.78 Å². The van der Waals surface area contributed by atoms with E-state index in [0.29, 0.717) is 22.7 Å². The molecule has 0 saturated heterocycles. The molecule has 0 N–H and O–H groups in total. The van der Waals surface area contributed by atoms with E-state index in [-0.39, 0.29) is 11.3 Å². The van der Waals surface area contributed by atoms with Gasteiger partial charge in [0.1, 0.15) is 22.8 Å². The molecule has 8 heteroatoms. The molecule has 164 valence electrons. The zero-order chi connectivity index (χ0) is 23.3. The molecule has 0 unspecified atom stereocenters. The summed E-state index contributed by atoms with van der Waals surface area (Å²) in [5.41, 5.74) is 6.22. The molecule has 5 aromatic rings. The minimum Gasteiger partial charge on any atom is -0.275 e. The molecular weight excluding hydrogens is 422 g/mol. The molecule has 0 aliphatic rings. The molecule has 3 heterocycles. The molecule has 3 aromatic heterocycles. The van der Waals surface area contributed by atoms with Crippen LogP contribution < -0.4 is 0 Å². The van der Waals surface area contributed by atoms with E-state index in [0.717, 1.165) is 34.0 Å². The van der Waals surface area contributed by atoms with Crippen molar-refractivity contribution in [1.29, 1.82) is 0 Å². The lowest BCUT2D eigenvalue weighted by Gasteiger charge is -2.12. The number of aromatic nitrogens is 6. The number of benzene rings is 2. The Morgan fingerprint density at radius 3 is 2.27 bits per heavy atom. The third kappa shape index (κ3) is 3.84. The largest absolute Gasteiger partial charge is 0.275 e. The Balaban J connectivity index is 1.78. The van der Waals surface area contributed by atoms with Crippen LogP contribution in [-0.4, -0.2) is 29.7 Å². The summed E-state index contributed by atoms with van der Waals surface area (Å²) in [6, 6.07) is 9.38. The van der Waals surface area contributed by atoms with Crippen LogP contribution in [0.25, 0.3) is 44.9 Å². The first kappa shape index (κ1) is 20.8. The van der Waals surface area contributed by atoms with Gasteiger partial charge in [0.2, 0.25) is 0 Å². The summed E-state index contributed by atoms with van der Waals surface area (Å²) in [5.74, 6) is -0.998. The zero-order valence-corrected chi connectivity index (χ0v) is 18.6. The summed E-state index contributed by atoms with van der Waals surface area (Å²) >= 11 is 0. The zero-order valence-electron chi connectivity index (χ0n) is 18.6. The molecule has 0 fully saturated rings. The lowest BCUT2D eigenvalue weighted by atomic mass is 10.0. The van der Waals surface area contributed by atoms with Gasteiger partial charge in [-0.1, -0.05) is 6.07 Å². The summed E-state index contributed by atoms with van der Waals surface area (Å²) in [7, 11) is 1.86. The third-order valence-corrected chi connectivity index (χ3v) is 5.50. The Morgan fingerprint density at radius 1 is 0.788 bits per heavy atom.